The Morgan fingerprint density at radius 3 is 2.39 bits per heavy atom. The van der Waals surface area contributed by atoms with Crippen LogP contribution in [0.5, 0.6) is 0 Å². The van der Waals surface area contributed by atoms with Gasteiger partial charge in [-0.2, -0.15) is 0 Å². The first-order valence-corrected chi connectivity index (χ1v) is 9.45. The molecule has 1 atom stereocenters. The Balaban J connectivity index is 1.76. The summed E-state index contributed by atoms with van der Waals surface area (Å²) in [5, 5.41) is 15.0. The van der Waals surface area contributed by atoms with Gasteiger partial charge in [0.1, 0.15) is 6.61 Å². The van der Waals surface area contributed by atoms with Gasteiger partial charge in [0.25, 0.3) is 0 Å². The molecular weight excluding hydrogens is 364 g/mol. The summed E-state index contributed by atoms with van der Waals surface area (Å²) >= 11 is 0. The predicted molar refractivity (Wildman–Crippen MR) is 102 cm³/mol. The fraction of sp³-hybridized carbons (Fsp3) is 0.550. The number of methoxy groups -OCH3 is 1. The maximum absolute atomic E-state index is 12.5. The zero-order chi connectivity index (χ0) is 20.4. The predicted octanol–water partition coefficient (Wildman–Crippen LogP) is 1.27. The van der Waals surface area contributed by atoms with Gasteiger partial charge in [0, 0.05) is 19.1 Å². The lowest BCUT2D eigenvalue weighted by Gasteiger charge is -2.29. The zero-order valence-corrected chi connectivity index (χ0v) is 16.1. The van der Waals surface area contributed by atoms with E-state index in [1.54, 1.807) is 37.4 Å². The highest BCUT2D eigenvalue weighted by Gasteiger charge is 2.30. The molecule has 0 aliphatic heterocycles. The van der Waals surface area contributed by atoms with Gasteiger partial charge in [0.15, 0.2) is 6.04 Å². The van der Waals surface area contributed by atoms with Gasteiger partial charge in [-0.25, -0.2) is 4.79 Å². The Kier molecular flexibility index (Phi) is 8.90. The van der Waals surface area contributed by atoms with E-state index in [1.807, 2.05) is 0 Å². The maximum atomic E-state index is 12.5. The van der Waals surface area contributed by atoms with Gasteiger partial charge < -0.3 is 25.2 Å². The molecule has 0 spiro atoms. The first-order chi connectivity index (χ1) is 13.5. The van der Waals surface area contributed by atoms with Gasteiger partial charge >= 0.3 is 5.97 Å². The average Bonchev–Trinajstić information content (AvgIpc) is 2.70. The second kappa shape index (κ2) is 11.4. The van der Waals surface area contributed by atoms with Crippen molar-refractivity contribution >= 4 is 17.8 Å². The molecule has 0 radical (unpaired) electrons. The van der Waals surface area contributed by atoms with Crippen molar-refractivity contribution in [2.75, 3.05) is 26.9 Å². The van der Waals surface area contributed by atoms with Crippen LogP contribution in [-0.4, -0.2) is 55.9 Å². The monoisotopic (exact) mass is 392 g/mol. The molecule has 0 heterocycles. The van der Waals surface area contributed by atoms with Crippen LogP contribution in [0.2, 0.25) is 0 Å². The SMILES string of the molecule is COCCOCC(=O)NC1CCC(C(=O)N[C@@H](C(=O)O)c2ccccc2)CC1. The molecule has 1 saturated carbocycles. The highest BCUT2D eigenvalue weighted by molar-refractivity contribution is 5.86. The number of hydrogen-bond acceptors (Lipinski definition) is 5. The minimum Gasteiger partial charge on any atom is -0.479 e. The Morgan fingerprint density at radius 2 is 1.79 bits per heavy atom. The van der Waals surface area contributed by atoms with Crippen molar-refractivity contribution in [2.24, 2.45) is 5.92 Å². The molecule has 2 amide bonds. The molecule has 1 aromatic carbocycles. The van der Waals surface area contributed by atoms with Gasteiger partial charge in [-0.1, -0.05) is 30.3 Å². The summed E-state index contributed by atoms with van der Waals surface area (Å²) in [7, 11) is 1.57. The molecular formula is C20H28N2O6. The Bertz CT molecular complexity index is 643. The van der Waals surface area contributed by atoms with E-state index < -0.39 is 12.0 Å². The van der Waals surface area contributed by atoms with Gasteiger partial charge in [-0.05, 0) is 31.2 Å². The van der Waals surface area contributed by atoms with Crippen LogP contribution in [0.25, 0.3) is 0 Å². The first-order valence-electron chi connectivity index (χ1n) is 9.45. The maximum Gasteiger partial charge on any atom is 0.330 e. The summed E-state index contributed by atoms with van der Waals surface area (Å²) in [4.78, 5) is 35.9. The molecule has 0 bridgehead atoms. The second-order valence-corrected chi connectivity index (χ2v) is 6.85. The van der Waals surface area contributed by atoms with Crippen LogP contribution in [0.15, 0.2) is 30.3 Å². The number of nitrogens with one attached hydrogen (secondary N) is 2. The molecule has 3 N–H and O–H groups in total. The lowest BCUT2D eigenvalue weighted by Crippen LogP contribution is -2.43. The lowest BCUT2D eigenvalue weighted by atomic mass is 9.85. The van der Waals surface area contributed by atoms with Crippen molar-refractivity contribution in [3.8, 4) is 0 Å². The highest BCUT2D eigenvalue weighted by atomic mass is 16.5. The van der Waals surface area contributed by atoms with Crippen LogP contribution in [0.1, 0.15) is 37.3 Å². The average molecular weight is 392 g/mol. The van der Waals surface area contributed by atoms with Gasteiger partial charge in [-0.15, -0.1) is 0 Å². The fourth-order valence-electron chi connectivity index (χ4n) is 3.27. The third-order valence-electron chi connectivity index (χ3n) is 4.79. The summed E-state index contributed by atoms with van der Waals surface area (Å²) in [5.41, 5.74) is 0.540. The number of carbonyl (C=O) groups excluding carboxylic acids is 2. The summed E-state index contributed by atoms with van der Waals surface area (Å²) in [6.07, 6.45) is 2.54. The van der Waals surface area contributed by atoms with Crippen molar-refractivity contribution in [3.05, 3.63) is 35.9 Å². The molecule has 0 saturated heterocycles. The third-order valence-corrected chi connectivity index (χ3v) is 4.79. The molecule has 2 rings (SSSR count). The standard InChI is InChI=1S/C20H28N2O6/c1-27-11-12-28-13-17(23)21-16-9-7-15(8-10-16)19(24)22-18(20(25)26)14-5-3-2-4-6-14/h2-6,15-16,18H,7-13H2,1H3,(H,21,23)(H,22,24)(H,25,26)/t15?,16?,18-/m1/s1. The smallest absolute Gasteiger partial charge is 0.330 e. The zero-order valence-electron chi connectivity index (χ0n) is 16.1. The van der Waals surface area contributed by atoms with Crippen LogP contribution in [-0.2, 0) is 23.9 Å². The van der Waals surface area contributed by atoms with Crippen molar-refractivity contribution in [3.63, 3.8) is 0 Å². The van der Waals surface area contributed by atoms with Gasteiger partial charge in [-0.3, -0.25) is 9.59 Å². The molecule has 0 aromatic heterocycles. The van der Waals surface area contributed by atoms with Crippen LogP contribution >= 0.6 is 0 Å². The molecule has 1 fully saturated rings. The molecule has 1 aliphatic carbocycles. The minimum absolute atomic E-state index is 0.00645. The number of ether oxygens (including phenoxy) is 2. The summed E-state index contributed by atoms with van der Waals surface area (Å²) in [5.74, 6) is -1.78. The number of hydrogen-bond donors (Lipinski definition) is 3. The largest absolute Gasteiger partial charge is 0.479 e. The molecule has 8 nitrogen and oxygen atoms in total. The summed E-state index contributed by atoms with van der Waals surface area (Å²) < 4.78 is 10.0. The van der Waals surface area contributed by atoms with E-state index in [4.69, 9.17) is 9.47 Å². The Labute approximate surface area is 164 Å². The molecule has 0 unspecified atom stereocenters. The molecule has 8 heteroatoms. The van der Waals surface area contributed by atoms with E-state index >= 15 is 0 Å². The highest BCUT2D eigenvalue weighted by Crippen LogP contribution is 2.25. The minimum atomic E-state index is -1.09. The summed E-state index contributed by atoms with van der Waals surface area (Å²) in [6.45, 7) is 0.790. The van der Waals surface area contributed by atoms with E-state index in [0.29, 0.717) is 44.5 Å². The van der Waals surface area contributed by atoms with Crippen molar-refractivity contribution in [1.29, 1.82) is 0 Å². The van der Waals surface area contributed by atoms with Crippen molar-refractivity contribution in [2.45, 2.75) is 37.8 Å². The molecule has 154 valence electrons. The van der Waals surface area contributed by atoms with Crippen LogP contribution < -0.4 is 10.6 Å². The lowest BCUT2D eigenvalue weighted by molar-refractivity contribution is -0.143. The fourth-order valence-corrected chi connectivity index (χ4v) is 3.27. The van der Waals surface area contributed by atoms with E-state index in [9.17, 15) is 19.5 Å². The first kappa shape index (κ1) is 21.8. The number of carbonyl (C=O) groups is 3. The number of benzene rings is 1. The number of rotatable bonds is 10. The number of amides is 2. The topological polar surface area (TPSA) is 114 Å². The molecule has 1 aliphatic rings. The number of carboxylic acid groups (broad SMARTS) is 1. The van der Waals surface area contributed by atoms with Crippen molar-refractivity contribution in [1.82, 2.24) is 10.6 Å². The third kappa shape index (κ3) is 6.94. The molecule has 28 heavy (non-hydrogen) atoms. The number of carboxylic acids is 1. The van der Waals surface area contributed by atoms with E-state index in [0.717, 1.165) is 0 Å². The van der Waals surface area contributed by atoms with Crippen LogP contribution in [0.3, 0.4) is 0 Å². The van der Waals surface area contributed by atoms with Crippen molar-refractivity contribution < 1.29 is 29.0 Å². The number of aliphatic carboxylic acids is 1. The van der Waals surface area contributed by atoms with Crippen LogP contribution in [0, 0.1) is 5.92 Å². The second-order valence-electron chi connectivity index (χ2n) is 6.85. The quantitative estimate of drug-likeness (QED) is 0.517. The Hall–Kier alpha value is -2.45. The Morgan fingerprint density at radius 1 is 1.11 bits per heavy atom. The van der Waals surface area contributed by atoms with E-state index in [2.05, 4.69) is 10.6 Å². The van der Waals surface area contributed by atoms with E-state index in [1.165, 1.54) is 0 Å². The van der Waals surface area contributed by atoms with Crippen LogP contribution in [0.4, 0.5) is 0 Å². The van der Waals surface area contributed by atoms with Gasteiger partial charge in [0.05, 0.1) is 13.2 Å². The van der Waals surface area contributed by atoms with E-state index in [-0.39, 0.29) is 30.4 Å². The summed E-state index contributed by atoms with van der Waals surface area (Å²) in [6, 6.07) is 7.58. The van der Waals surface area contributed by atoms with Gasteiger partial charge in [0.2, 0.25) is 11.8 Å². The molecule has 1 aromatic rings. The normalized spacial score (nSPS) is 20.2.